The van der Waals surface area contributed by atoms with Crippen LogP contribution in [0.1, 0.15) is 30.0 Å². The number of aliphatic carboxylic acids is 1. The minimum absolute atomic E-state index is 0.0585. The van der Waals surface area contributed by atoms with Crippen molar-refractivity contribution in [2.45, 2.75) is 18.9 Å². The number of para-hydroxylation sites is 1. The van der Waals surface area contributed by atoms with E-state index in [9.17, 15) is 9.90 Å². The summed E-state index contributed by atoms with van der Waals surface area (Å²) in [5.74, 6) is -0.920. The fourth-order valence-corrected chi connectivity index (χ4v) is 4.52. The van der Waals surface area contributed by atoms with Gasteiger partial charge in [-0.2, -0.15) is 0 Å². The zero-order valence-corrected chi connectivity index (χ0v) is 16.5. The van der Waals surface area contributed by atoms with E-state index >= 15 is 0 Å². The Morgan fingerprint density at radius 2 is 1.74 bits per heavy atom. The first-order valence-corrected chi connectivity index (χ1v) is 9.99. The van der Waals surface area contributed by atoms with Gasteiger partial charge in [-0.15, -0.1) is 0 Å². The third-order valence-electron chi connectivity index (χ3n) is 5.42. The number of rotatable bonds is 4. The Labute approximate surface area is 167 Å². The molecular formula is C22H21BrN2O2. The molecule has 138 valence electrons. The molecule has 0 aliphatic carbocycles. The maximum atomic E-state index is 11.4. The number of benzene rings is 2. The molecule has 2 heterocycles. The highest BCUT2D eigenvalue weighted by atomic mass is 79.9. The maximum Gasteiger partial charge on any atom is 0.306 e. The predicted molar refractivity (Wildman–Crippen MR) is 110 cm³/mol. The van der Waals surface area contributed by atoms with E-state index in [1.807, 2.05) is 30.5 Å². The van der Waals surface area contributed by atoms with Gasteiger partial charge in [0, 0.05) is 16.1 Å². The van der Waals surface area contributed by atoms with Crippen molar-refractivity contribution in [2.24, 2.45) is 5.92 Å². The average Bonchev–Trinajstić information content (AvgIpc) is 2.70. The van der Waals surface area contributed by atoms with Crippen molar-refractivity contribution in [1.29, 1.82) is 0 Å². The van der Waals surface area contributed by atoms with Gasteiger partial charge in [0.1, 0.15) is 0 Å². The van der Waals surface area contributed by atoms with Crippen molar-refractivity contribution in [1.82, 2.24) is 9.88 Å². The van der Waals surface area contributed by atoms with Gasteiger partial charge in [0.05, 0.1) is 17.5 Å². The van der Waals surface area contributed by atoms with Gasteiger partial charge in [0.15, 0.2) is 0 Å². The molecule has 4 rings (SSSR count). The first-order chi connectivity index (χ1) is 13.1. The lowest BCUT2D eigenvalue weighted by molar-refractivity contribution is -0.143. The normalized spacial score (nSPS) is 17.1. The summed E-state index contributed by atoms with van der Waals surface area (Å²) in [6, 6.07) is 18.6. The van der Waals surface area contributed by atoms with Crippen molar-refractivity contribution in [2.75, 3.05) is 13.1 Å². The van der Waals surface area contributed by atoms with E-state index in [4.69, 9.17) is 0 Å². The Bertz CT molecular complexity index is 962. The molecule has 1 N–H and O–H groups in total. The summed E-state index contributed by atoms with van der Waals surface area (Å²) < 4.78 is 1.07. The minimum atomic E-state index is -0.679. The lowest BCUT2D eigenvalue weighted by atomic mass is 9.90. The van der Waals surface area contributed by atoms with Crippen molar-refractivity contribution in [3.05, 3.63) is 76.4 Å². The number of fused-ring (bicyclic) bond motifs is 1. The van der Waals surface area contributed by atoms with Crippen LogP contribution < -0.4 is 0 Å². The van der Waals surface area contributed by atoms with Gasteiger partial charge < -0.3 is 5.11 Å². The minimum Gasteiger partial charge on any atom is -0.481 e. The summed E-state index contributed by atoms with van der Waals surface area (Å²) in [6.45, 7) is 1.53. The van der Waals surface area contributed by atoms with Gasteiger partial charge in [0.2, 0.25) is 0 Å². The molecular weight excluding hydrogens is 404 g/mol. The molecule has 0 spiro atoms. The molecule has 1 atom stereocenters. The van der Waals surface area contributed by atoms with Crippen molar-refractivity contribution < 1.29 is 9.90 Å². The summed E-state index contributed by atoms with van der Waals surface area (Å²) in [7, 11) is 0. The molecule has 2 aromatic carbocycles. The number of carbonyl (C=O) groups is 1. The molecule has 1 saturated heterocycles. The SMILES string of the molecule is O=C(O)C1CCN(C(c2ccccc2Br)c2ccnc3ccccc23)CC1. The van der Waals surface area contributed by atoms with Crippen LogP contribution in [0.2, 0.25) is 0 Å². The van der Waals surface area contributed by atoms with Crippen molar-refractivity contribution in [3.63, 3.8) is 0 Å². The molecule has 0 radical (unpaired) electrons. The number of hydrogen-bond donors (Lipinski definition) is 1. The molecule has 1 aliphatic rings. The third-order valence-corrected chi connectivity index (χ3v) is 6.14. The highest BCUT2D eigenvalue weighted by Gasteiger charge is 2.31. The molecule has 4 nitrogen and oxygen atoms in total. The van der Waals surface area contributed by atoms with Crippen LogP contribution in [-0.4, -0.2) is 34.0 Å². The number of piperidine rings is 1. The molecule has 1 unspecified atom stereocenters. The van der Waals surface area contributed by atoms with Gasteiger partial charge in [-0.3, -0.25) is 14.7 Å². The van der Waals surface area contributed by atoms with E-state index in [2.05, 4.69) is 56.1 Å². The van der Waals surface area contributed by atoms with Crippen molar-refractivity contribution in [3.8, 4) is 0 Å². The number of aromatic nitrogens is 1. The Balaban J connectivity index is 1.80. The first kappa shape index (κ1) is 18.1. The van der Waals surface area contributed by atoms with Gasteiger partial charge in [-0.1, -0.05) is 52.3 Å². The summed E-state index contributed by atoms with van der Waals surface area (Å²) in [4.78, 5) is 18.3. The van der Waals surface area contributed by atoms with E-state index in [1.165, 1.54) is 11.1 Å². The second-order valence-electron chi connectivity index (χ2n) is 6.99. The predicted octanol–water partition coefficient (Wildman–Crippen LogP) is 4.88. The number of carboxylic acids is 1. The maximum absolute atomic E-state index is 11.4. The van der Waals surface area contributed by atoms with Crippen LogP contribution >= 0.6 is 15.9 Å². The van der Waals surface area contributed by atoms with Crippen LogP contribution in [0.5, 0.6) is 0 Å². The zero-order valence-electron chi connectivity index (χ0n) is 14.9. The quantitative estimate of drug-likeness (QED) is 0.647. The van der Waals surface area contributed by atoms with Gasteiger partial charge in [0.25, 0.3) is 0 Å². The lowest BCUT2D eigenvalue weighted by Gasteiger charge is -2.37. The van der Waals surface area contributed by atoms with Crippen LogP contribution in [-0.2, 0) is 4.79 Å². The van der Waals surface area contributed by atoms with E-state index in [-0.39, 0.29) is 12.0 Å². The second-order valence-corrected chi connectivity index (χ2v) is 7.84. The monoisotopic (exact) mass is 424 g/mol. The Hall–Kier alpha value is -2.24. The van der Waals surface area contributed by atoms with Crippen LogP contribution in [0.25, 0.3) is 10.9 Å². The van der Waals surface area contributed by atoms with E-state index < -0.39 is 5.97 Å². The summed E-state index contributed by atoms with van der Waals surface area (Å²) in [5, 5.41) is 10.5. The molecule has 3 aromatic rings. The highest BCUT2D eigenvalue weighted by molar-refractivity contribution is 9.10. The van der Waals surface area contributed by atoms with Crippen LogP contribution in [0, 0.1) is 5.92 Å². The summed E-state index contributed by atoms with van der Waals surface area (Å²) in [5.41, 5.74) is 3.39. The van der Waals surface area contributed by atoms with Crippen molar-refractivity contribution >= 4 is 32.8 Å². The largest absolute Gasteiger partial charge is 0.481 e. The standard InChI is InChI=1S/C22H21BrN2O2/c23-19-7-3-1-6-18(19)21(25-13-10-15(11-14-25)22(26)27)17-9-12-24-20-8-4-2-5-16(17)20/h1-9,12,15,21H,10-11,13-14H2,(H,26,27). The Kier molecular flexibility index (Phi) is 5.23. The molecule has 5 heteroatoms. The summed E-state index contributed by atoms with van der Waals surface area (Å²) >= 11 is 3.72. The Morgan fingerprint density at radius 3 is 2.48 bits per heavy atom. The molecule has 27 heavy (non-hydrogen) atoms. The van der Waals surface area contributed by atoms with E-state index in [0.29, 0.717) is 12.8 Å². The molecule has 0 saturated carbocycles. The molecule has 0 amide bonds. The number of halogens is 1. The average molecular weight is 425 g/mol. The summed E-state index contributed by atoms with van der Waals surface area (Å²) in [6.07, 6.45) is 3.23. The number of carboxylic acid groups (broad SMARTS) is 1. The molecule has 1 aromatic heterocycles. The number of hydrogen-bond acceptors (Lipinski definition) is 3. The number of likely N-dealkylation sites (tertiary alicyclic amines) is 1. The lowest BCUT2D eigenvalue weighted by Crippen LogP contribution is -2.39. The van der Waals surface area contributed by atoms with Gasteiger partial charge >= 0.3 is 5.97 Å². The fraction of sp³-hybridized carbons (Fsp3) is 0.273. The van der Waals surface area contributed by atoms with E-state index in [1.54, 1.807) is 0 Å². The van der Waals surface area contributed by atoms with Gasteiger partial charge in [-0.25, -0.2) is 0 Å². The molecule has 1 aliphatic heterocycles. The van der Waals surface area contributed by atoms with Crippen LogP contribution in [0.4, 0.5) is 0 Å². The highest BCUT2D eigenvalue weighted by Crippen LogP contribution is 2.38. The molecule has 0 bridgehead atoms. The number of pyridine rings is 1. The smallest absolute Gasteiger partial charge is 0.306 e. The first-order valence-electron chi connectivity index (χ1n) is 9.20. The second kappa shape index (κ2) is 7.79. The topological polar surface area (TPSA) is 53.4 Å². The Morgan fingerprint density at radius 1 is 1.04 bits per heavy atom. The zero-order chi connectivity index (χ0) is 18.8. The number of nitrogens with zero attached hydrogens (tertiary/aromatic N) is 2. The van der Waals surface area contributed by atoms with E-state index in [0.717, 1.165) is 28.5 Å². The molecule has 1 fully saturated rings. The van der Waals surface area contributed by atoms with Crippen LogP contribution in [0.15, 0.2) is 65.3 Å². The van der Waals surface area contributed by atoms with Crippen LogP contribution in [0.3, 0.4) is 0 Å². The fourth-order valence-electron chi connectivity index (χ4n) is 4.02. The van der Waals surface area contributed by atoms with Gasteiger partial charge in [-0.05, 0) is 55.3 Å². The third kappa shape index (κ3) is 3.62.